The lowest BCUT2D eigenvalue weighted by atomic mass is 10.1. The molecular weight excluding hydrogens is 251 g/mol. The fourth-order valence-corrected chi connectivity index (χ4v) is 2.24. The molecule has 19 heavy (non-hydrogen) atoms. The van der Waals surface area contributed by atoms with Crippen LogP contribution in [-0.4, -0.2) is 28.8 Å². The van der Waals surface area contributed by atoms with Crippen molar-refractivity contribution in [1.29, 1.82) is 0 Å². The van der Waals surface area contributed by atoms with Gasteiger partial charge in [0, 0.05) is 24.7 Å². The van der Waals surface area contributed by atoms with E-state index in [1.54, 1.807) is 4.90 Å². The summed E-state index contributed by atoms with van der Waals surface area (Å²) in [4.78, 5) is 23.6. The number of rotatable bonds is 2. The maximum absolute atomic E-state index is 13.5. The molecule has 1 aliphatic rings. The number of hydrogen-bond acceptors (Lipinski definition) is 3. The second kappa shape index (κ2) is 5.77. The molecule has 1 saturated heterocycles. The molecule has 1 aromatic carbocycles. The van der Waals surface area contributed by atoms with Crippen LogP contribution in [0.4, 0.5) is 10.1 Å². The minimum absolute atomic E-state index is 0.171. The number of amides is 1. The zero-order valence-electron chi connectivity index (χ0n) is 10.5. The minimum atomic E-state index is -0.967. The molecule has 0 saturated carbocycles. The maximum atomic E-state index is 13.5. The van der Waals surface area contributed by atoms with E-state index in [-0.39, 0.29) is 11.5 Å². The largest absolute Gasteiger partial charge is 0.339 e. The Hall–Kier alpha value is -1.98. The summed E-state index contributed by atoms with van der Waals surface area (Å²) in [6.45, 7) is 1.33. The first-order valence-corrected chi connectivity index (χ1v) is 6.33. The van der Waals surface area contributed by atoms with Gasteiger partial charge >= 0.3 is 5.69 Å². The van der Waals surface area contributed by atoms with Crippen LogP contribution in [0.5, 0.6) is 0 Å². The summed E-state index contributed by atoms with van der Waals surface area (Å²) in [7, 11) is 0. The number of nitro groups is 1. The standard InChI is InChI=1S/C13H15FN2O3/c14-11-9-10(5-6-12(11)16(18)19)13(17)15-7-3-1-2-4-8-15/h5-6,9H,1-4,7-8H2. The lowest BCUT2D eigenvalue weighted by Gasteiger charge is -2.20. The molecule has 5 nitrogen and oxygen atoms in total. The van der Waals surface area contributed by atoms with Gasteiger partial charge in [0.05, 0.1) is 4.92 Å². The molecule has 2 rings (SSSR count). The summed E-state index contributed by atoms with van der Waals surface area (Å²) >= 11 is 0. The normalized spacial score (nSPS) is 15.9. The number of halogens is 1. The first-order valence-electron chi connectivity index (χ1n) is 6.33. The highest BCUT2D eigenvalue weighted by Gasteiger charge is 2.21. The van der Waals surface area contributed by atoms with Crippen molar-refractivity contribution in [2.75, 3.05) is 13.1 Å². The van der Waals surface area contributed by atoms with Crippen LogP contribution in [0.15, 0.2) is 18.2 Å². The number of carbonyl (C=O) groups excluding carboxylic acids is 1. The van der Waals surface area contributed by atoms with E-state index in [1.165, 1.54) is 6.07 Å². The van der Waals surface area contributed by atoms with Gasteiger partial charge in [0.25, 0.3) is 5.91 Å². The quantitative estimate of drug-likeness (QED) is 0.610. The van der Waals surface area contributed by atoms with Gasteiger partial charge < -0.3 is 4.90 Å². The molecule has 0 N–H and O–H groups in total. The molecule has 1 aliphatic heterocycles. The zero-order chi connectivity index (χ0) is 13.8. The van der Waals surface area contributed by atoms with Gasteiger partial charge in [0.15, 0.2) is 0 Å². The van der Waals surface area contributed by atoms with Crippen LogP contribution >= 0.6 is 0 Å². The minimum Gasteiger partial charge on any atom is -0.339 e. The predicted molar refractivity (Wildman–Crippen MR) is 67.4 cm³/mol. The second-order valence-electron chi connectivity index (χ2n) is 4.63. The van der Waals surface area contributed by atoms with E-state index in [0.29, 0.717) is 13.1 Å². The summed E-state index contributed by atoms with van der Waals surface area (Å²) in [6, 6.07) is 3.31. The van der Waals surface area contributed by atoms with Crippen LogP contribution in [-0.2, 0) is 0 Å². The van der Waals surface area contributed by atoms with Gasteiger partial charge in [-0.2, -0.15) is 4.39 Å². The molecule has 0 radical (unpaired) electrons. The van der Waals surface area contributed by atoms with Crippen molar-refractivity contribution < 1.29 is 14.1 Å². The molecule has 0 aliphatic carbocycles. The van der Waals surface area contributed by atoms with E-state index in [4.69, 9.17) is 0 Å². The third kappa shape index (κ3) is 3.07. The van der Waals surface area contributed by atoms with Crippen molar-refractivity contribution in [2.24, 2.45) is 0 Å². The van der Waals surface area contributed by atoms with Crippen LogP contribution in [0, 0.1) is 15.9 Å². The van der Waals surface area contributed by atoms with E-state index in [0.717, 1.165) is 37.8 Å². The Morgan fingerprint density at radius 2 is 1.84 bits per heavy atom. The van der Waals surface area contributed by atoms with Crippen LogP contribution in [0.25, 0.3) is 0 Å². The highest BCUT2D eigenvalue weighted by molar-refractivity contribution is 5.94. The van der Waals surface area contributed by atoms with Crippen LogP contribution < -0.4 is 0 Å². The molecule has 102 valence electrons. The van der Waals surface area contributed by atoms with Gasteiger partial charge in [0.2, 0.25) is 5.82 Å². The lowest BCUT2D eigenvalue weighted by Crippen LogP contribution is -2.31. The van der Waals surface area contributed by atoms with E-state index < -0.39 is 16.4 Å². The number of nitro benzene ring substituents is 1. The highest BCUT2D eigenvalue weighted by atomic mass is 19.1. The molecule has 0 atom stereocenters. The third-order valence-corrected chi connectivity index (χ3v) is 3.28. The zero-order valence-corrected chi connectivity index (χ0v) is 10.5. The first kappa shape index (κ1) is 13.5. The van der Waals surface area contributed by atoms with Gasteiger partial charge in [-0.3, -0.25) is 14.9 Å². The Kier molecular flexibility index (Phi) is 4.09. The van der Waals surface area contributed by atoms with Crippen LogP contribution in [0.1, 0.15) is 36.0 Å². The molecule has 1 aromatic rings. The summed E-state index contributed by atoms with van der Waals surface area (Å²) in [5.74, 6) is -1.22. The Labute approximate surface area is 110 Å². The van der Waals surface area contributed by atoms with E-state index in [9.17, 15) is 19.3 Å². The van der Waals surface area contributed by atoms with Gasteiger partial charge in [0.1, 0.15) is 0 Å². The number of carbonyl (C=O) groups is 1. The number of nitrogens with zero attached hydrogens (tertiary/aromatic N) is 2. The smallest absolute Gasteiger partial charge is 0.304 e. The van der Waals surface area contributed by atoms with Crippen LogP contribution in [0.3, 0.4) is 0 Å². The average Bonchev–Trinajstić information content (AvgIpc) is 2.66. The van der Waals surface area contributed by atoms with Crippen molar-refractivity contribution in [2.45, 2.75) is 25.7 Å². The molecule has 0 aromatic heterocycles. The molecule has 1 heterocycles. The van der Waals surface area contributed by atoms with Crippen molar-refractivity contribution in [3.8, 4) is 0 Å². The molecular formula is C13H15FN2O3. The van der Waals surface area contributed by atoms with Crippen LogP contribution in [0.2, 0.25) is 0 Å². The molecule has 1 fully saturated rings. The average molecular weight is 266 g/mol. The lowest BCUT2D eigenvalue weighted by molar-refractivity contribution is -0.387. The molecule has 0 bridgehead atoms. The summed E-state index contributed by atoms with van der Waals surface area (Å²) in [6.07, 6.45) is 4.08. The summed E-state index contributed by atoms with van der Waals surface area (Å²) < 4.78 is 13.5. The Bertz CT molecular complexity index is 497. The van der Waals surface area contributed by atoms with Crippen molar-refractivity contribution in [1.82, 2.24) is 4.90 Å². The molecule has 0 unspecified atom stereocenters. The third-order valence-electron chi connectivity index (χ3n) is 3.28. The highest BCUT2D eigenvalue weighted by Crippen LogP contribution is 2.20. The number of likely N-dealkylation sites (tertiary alicyclic amines) is 1. The number of hydrogen-bond donors (Lipinski definition) is 0. The Morgan fingerprint density at radius 1 is 1.21 bits per heavy atom. The summed E-state index contributed by atoms with van der Waals surface area (Å²) in [5.41, 5.74) is -0.433. The van der Waals surface area contributed by atoms with E-state index >= 15 is 0 Å². The monoisotopic (exact) mass is 266 g/mol. The molecule has 0 spiro atoms. The fourth-order valence-electron chi connectivity index (χ4n) is 2.24. The topological polar surface area (TPSA) is 63.4 Å². The van der Waals surface area contributed by atoms with Crippen molar-refractivity contribution >= 4 is 11.6 Å². The SMILES string of the molecule is O=C(c1ccc([N+](=O)[O-])c(F)c1)N1CCCCCC1. The Morgan fingerprint density at radius 3 is 2.37 bits per heavy atom. The first-order chi connectivity index (χ1) is 9.09. The van der Waals surface area contributed by atoms with Gasteiger partial charge in [-0.15, -0.1) is 0 Å². The van der Waals surface area contributed by atoms with E-state index in [1.807, 2.05) is 0 Å². The van der Waals surface area contributed by atoms with Gasteiger partial charge in [-0.1, -0.05) is 12.8 Å². The van der Waals surface area contributed by atoms with Crippen molar-refractivity contribution in [3.05, 3.63) is 39.7 Å². The number of benzene rings is 1. The maximum Gasteiger partial charge on any atom is 0.304 e. The second-order valence-corrected chi connectivity index (χ2v) is 4.63. The molecule has 6 heteroatoms. The summed E-state index contributed by atoms with van der Waals surface area (Å²) in [5, 5.41) is 10.5. The van der Waals surface area contributed by atoms with Crippen molar-refractivity contribution in [3.63, 3.8) is 0 Å². The Balaban J connectivity index is 2.19. The predicted octanol–water partition coefficient (Wildman–Crippen LogP) is 2.75. The van der Waals surface area contributed by atoms with Gasteiger partial charge in [-0.25, -0.2) is 0 Å². The van der Waals surface area contributed by atoms with Gasteiger partial charge in [-0.05, 0) is 25.0 Å². The molecule has 1 amide bonds. The van der Waals surface area contributed by atoms with E-state index in [2.05, 4.69) is 0 Å². The fraction of sp³-hybridized carbons (Fsp3) is 0.462.